The van der Waals surface area contributed by atoms with Crippen LogP contribution in [0.1, 0.15) is 17.7 Å². The van der Waals surface area contributed by atoms with Crippen LogP contribution in [0.3, 0.4) is 0 Å². The highest BCUT2D eigenvalue weighted by atomic mass is 16.5. The maximum Gasteiger partial charge on any atom is 0.226 e. The summed E-state index contributed by atoms with van der Waals surface area (Å²) in [6.45, 7) is 3.33. The summed E-state index contributed by atoms with van der Waals surface area (Å²) in [5.74, 6) is 0.00142. The standard InChI is InChI=1S/C16H20N2O2/c1-12-5-3-6-13-7-8-14(18-16(12)13)11-15(19)17-9-4-10-20-2/h3,5-8H,4,9-11H2,1-2H3,(H,17,19). The van der Waals surface area contributed by atoms with Gasteiger partial charge in [-0.1, -0.05) is 24.3 Å². The van der Waals surface area contributed by atoms with Crippen LogP contribution in [-0.4, -0.2) is 31.2 Å². The molecule has 4 heteroatoms. The second-order valence-electron chi connectivity index (χ2n) is 4.82. The van der Waals surface area contributed by atoms with Gasteiger partial charge in [-0.05, 0) is 25.0 Å². The number of fused-ring (bicyclic) bond motifs is 1. The molecule has 0 spiro atoms. The molecule has 1 amide bonds. The maximum atomic E-state index is 11.8. The van der Waals surface area contributed by atoms with Crippen molar-refractivity contribution in [3.05, 3.63) is 41.6 Å². The Balaban J connectivity index is 1.99. The molecule has 2 rings (SSSR count). The minimum atomic E-state index is 0.00142. The molecule has 0 fully saturated rings. The van der Waals surface area contributed by atoms with Gasteiger partial charge in [0.05, 0.1) is 17.6 Å². The van der Waals surface area contributed by atoms with E-state index in [9.17, 15) is 4.79 Å². The van der Waals surface area contributed by atoms with Crippen LogP contribution in [0.5, 0.6) is 0 Å². The lowest BCUT2D eigenvalue weighted by Gasteiger charge is -2.06. The molecular weight excluding hydrogens is 252 g/mol. The molecule has 0 saturated carbocycles. The van der Waals surface area contributed by atoms with E-state index in [0.717, 1.165) is 28.6 Å². The molecule has 2 aromatic rings. The minimum absolute atomic E-state index is 0.00142. The van der Waals surface area contributed by atoms with Crippen molar-refractivity contribution in [3.63, 3.8) is 0 Å². The predicted octanol–water partition coefficient (Wildman–Crippen LogP) is 2.24. The van der Waals surface area contributed by atoms with Gasteiger partial charge in [0.1, 0.15) is 0 Å². The van der Waals surface area contributed by atoms with Crippen LogP contribution < -0.4 is 5.32 Å². The van der Waals surface area contributed by atoms with Gasteiger partial charge in [0.15, 0.2) is 0 Å². The molecule has 0 aliphatic rings. The molecule has 0 aliphatic carbocycles. The summed E-state index contributed by atoms with van der Waals surface area (Å²) < 4.78 is 4.94. The molecule has 0 aliphatic heterocycles. The molecule has 0 atom stereocenters. The summed E-state index contributed by atoms with van der Waals surface area (Å²) in [4.78, 5) is 16.4. The molecule has 0 unspecified atom stereocenters. The van der Waals surface area contributed by atoms with E-state index in [0.29, 0.717) is 19.6 Å². The fraction of sp³-hybridized carbons (Fsp3) is 0.375. The molecule has 0 saturated heterocycles. The maximum absolute atomic E-state index is 11.8. The first-order valence-electron chi connectivity index (χ1n) is 6.81. The Labute approximate surface area is 119 Å². The number of amides is 1. The van der Waals surface area contributed by atoms with Crippen molar-refractivity contribution < 1.29 is 9.53 Å². The largest absolute Gasteiger partial charge is 0.385 e. The third-order valence-corrected chi connectivity index (χ3v) is 3.17. The molecule has 1 N–H and O–H groups in total. The zero-order valence-electron chi connectivity index (χ0n) is 12.0. The number of carbonyl (C=O) groups excluding carboxylic acids is 1. The Morgan fingerprint density at radius 1 is 1.30 bits per heavy atom. The molecule has 0 bridgehead atoms. The van der Waals surface area contributed by atoms with Crippen molar-refractivity contribution in [3.8, 4) is 0 Å². The molecular formula is C16H20N2O2. The van der Waals surface area contributed by atoms with Crippen LogP contribution in [0.2, 0.25) is 0 Å². The number of aryl methyl sites for hydroxylation is 1. The summed E-state index contributed by atoms with van der Waals surface area (Å²) >= 11 is 0. The highest BCUT2D eigenvalue weighted by molar-refractivity contribution is 5.83. The van der Waals surface area contributed by atoms with Gasteiger partial charge in [-0.2, -0.15) is 0 Å². The SMILES string of the molecule is COCCCNC(=O)Cc1ccc2cccc(C)c2n1. The number of nitrogens with one attached hydrogen (secondary N) is 1. The Hall–Kier alpha value is -1.94. The van der Waals surface area contributed by atoms with E-state index in [2.05, 4.69) is 10.3 Å². The average molecular weight is 272 g/mol. The van der Waals surface area contributed by atoms with Crippen molar-refractivity contribution in [1.29, 1.82) is 0 Å². The van der Waals surface area contributed by atoms with E-state index in [1.165, 1.54) is 0 Å². The quantitative estimate of drug-likeness (QED) is 0.820. The van der Waals surface area contributed by atoms with Gasteiger partial charge in [-0.25, -0.2) is 0 Å². The van der Waals surface area contributed by atoms with Gasteiger partial charge < -0.3 is 10.1 Å². The summed E-state index contributed by atoms with van der Waals surface area (Å²) in [5.41, 5.74) is 2.90. The number of benzene rings is 1. The fourth-order valence-corrected chi connectivity index (χ4v) is 2.11. The number of aromatic nitrogens is 1. The first-order chi connectivity index (χ1) is 9.70. The van der Waals surface area contributed by atoms with Crippen molar-refractivity contribution >= 4 is 16.8 Å². The topological polar surface area (TPSA) is 51.2 Å². The van der Waals surface area contributed by atoms with Crippen molar-refractivity contribution in [2.45, 2.75) is 19.8 Å². The molecule has 1 aromatic heterocycles. The first kappa shape index (κ1) is 14.5. The monoisotopic (exact) mass is 272 g/mol. The van der Waals surface area contributed by atoms with E-state index in [1.807, 2.05) is 37.3 Å². The number of hydrogen-bond donors (Lipinski definition) is 1. The summed E-state index contributed by atoms with van der Waals surface area (Å²) in [5, 5.41) is 3.98. The number of ether oxygens (including phenoxy) is 1. The third kappa shape index (κ3) is 3.78. The Bertz CT molecular complexity index is 596. The van der Waals surface area contributed by atoms with Crippen molar-refractivity contribution in [1.82, 2.24) is 10.3 Å². The number of nitrogens with zero attached hydrogens (tertiary/aromatic N) is 1. The van der Waals surface area contributed by atoms with Crippen LogP contribution in [0, 0.1) is 6.92 Å². The summed E-state index contributed by atoms with van der Waals surface area (Å²) in [6.07, 6.45) is 1.14. The number of para-hydroxylation sites is 1. The fourth-order valence-electron chi connectivity index (χ4n) is 2.11. The van der Waals surface area contributed by atoms with Gasteiger partial charge >= 0.3 is 0 Å². The van der Waals surface area contributed by atoms with Crippen LogP contribution in [0.4, 0.5) is 0 Å². The zero-order valence-corrected chi connectivity index (χ0v) is 12.0. The zero-order chi connectivity index (χ0) is 14.4. The highest BCUT2D eigenvalue weighted by Crippen LogP contribution is 2.16. The number of pyridine rings is 1. The Morgan fingerprint density at radius 2 is 2.15 bits per heavy atom. The minimum Gasteiger partial charge on any atom is -0.385 e. The number of hydrogen-bond acceptors (Lipinski definition) is 3. The van der Waals surface area contributed by atoms with Gasteiger partial charge in [0, 0.05) is 25.6 Å². The van der Waals surface area contributed by atoms with Crippen LogP contribution >= 0.6 is 0 Å². The molecule has 1 heterocycles. The lowest BCUT2D eigenvalue weighted by Crippen LogP contribution is -2.27. The van der Waals surface area contributed by atoms with Gasteiger partial charge in [0.2, 0.25) is 5.91 Å². The van der Waals surface area contributed by atoms with Gasteiger partial charge in [0.25, 0.3) is 0 Å². The predicted molar refractivity (Wildman–Crippen MR) is 79.7 cm³/mol. The van der Waals surface area contributed by atoms with Gasteiger partial charge in [-0.15, -0.1) is 0 Å². The lowest BCUT2D eigenvalue weighted by molar-refractivity contribution is -0.120. The third-order valence-electron chi connectivity index (χ3n) is 3.17. The van der Waals surface area contributed by atoms with E-state index >= 15 is 0 Å². The summed E-state index contributed by atoms with van der Waals surface area (Å²) in [7, 11) is 1.66. The van der Waals surface area contributed by atoms with E-state index in [1.54, 1.807) is 7.11 Å². The number of rotatable bonds is 6. The molecule has 1 aromatic carbocycles. The second-order valence-corrected chi connectivity index (χ2v) is 4.82. The first-order valence-corrected chi connectivity index (χ1v) is 6.81. The lowest BCUT2D eigenvalue weighted by atomic mass is 10.1. The summed E-state index contributed by atoms with van der Waals surface area (Å²) in [6, 6.07) is 10.0. The number of carbonyl (C=O) groups is 1. The second kappa shape index (κ2) is 7.01. The molecule has 20 heavy (non-hydrogen) atoms. The Morgan fingerprint density at radius 3 is 2.95 bits per heavy atom. The van der Waals surface area contributed by atoms with E-state index < -0.39 is 0 Å². The molecule has 0 radical (unpaired) electrons. The number of methoxy groups -OCH3 is 1. The molecule has 4 nitrogen and oxygen atoms in total. The average Bonchev–Trinajstić information content (AvgIpc) is 2.45. The van der Waals surface area contributed by atoms with Crippen LogP contribution in [-0.2, 0) is 16.0 Å². The van der Waals surface area contributed by atoms with Crippen LogP contribution in [0.25, 0.3) is 10.9 Å². The van der Waals surface area contributed by atoms with E-state index in [-0.39, 0.29) is 5.91 Å². The Kier molecular flexibility index (Phi) is 5.07. The van der Waals surface area contributed by atoms with Crippen molar-refractivity contribution in [2.75, 3.05) is 20.3 Å². The molecule has 106 valence electrons. The smallest absolute Gasteiger partial charge is 0.226 e. The van der Waals surface area contributed by atoms with Crippen LogP contribution in [0.15, 0.2) is 30.3 Å². The highest BCUT2D eigenvalue weighted by Gasteiger charge is 2.06. The normalized spacial score (nSPS) is 10.7. The van der Waals surface area contributed by atoms with Gasteiger partial charge in [-0.3, -0.25) is 9.78 Å². The van der Waals surface area contributed by atoms with E-state index in [4.69, 9.17) is 4.74 Å². The van der Waals surface area contributed by atoms with Crippen molar-refractivity contribution in [2.24, 2.45) is 0 Å².